The van der Waals surface area contributed by atoms with Gasteiger partial charge in [-0.1, -0.05) is 41.9 Å². The Labute approximate surface area is 122 Å². The van der Waals surface area contributed by atoms with Crippen molar-refractivity contribution in [2.45, 2.75) is 25.3 Å². The number of benzene rings is 1. The van der Waals surface area contributed by atoms with E-state index in [2.05, 4.69) is 39.4 Å². The van der Waals surface area contributed by atoms with E-state index < -0.39 is 0 Å². The second-order valence-electron chi connectivity index (χ2n) is 5.08. The first-order valence-electron chi connectivity index (χ1n) is 6.79. The average molecular weight is 290 g/mol. The lowest BCUT2D eigenvalue weighted by Gasteiger charge is -2.27. The van der Waals surface area contributed by atoms with Gasteiger partial charge in [-0.3, -0.25) is 4.79 Å². The van der Waals surface area contributed by atoms with Crippen molar-refractivity contribution in [3.05, 3.63) is 57.5 Å². The molecule has 1 atom stereocenters. The smallest absolute Gasteiger partial charge is 0.285 e. The number of halogens is 1. The van der Waals surface area contributed by atoms with Gasteiger partial charge in [0.05, 0.1) is 11.9 Å². The van der Waals surface area contributed by atoms with Crippen molar-refractivity contribution in [1.29, 1.82) is 0 Å². The van der Waals surface area contributed by atoms with E-state index in [0.717, 1.165) is 31.5 Å². The van der Waals surface area contributed by atoms with Gasteiger partial charge in [0.2, 0.25) is 0 Å². The third-order valence-corrected chi connectivity index (χ3v) is 4.14. The van der Waals surface area contributed by atoms with Gasteiger partial charge in [-0.2, -0.15) is 5.10 Å². The maximum Gasteiger partial charge on any atom is 0.285 e. The maximum absolute atomic E-state index is 11.6. The molecule has 1 fully saturated rings. The maximum atomic E-state index is 11.6. The van der Waals surface area contributed by atoms with Crippen LogP contribution in [0.3, 0.4) is 0 Å². The van der Waals surface area contributed by atoms with E-state index in [1.807, 2.05) is 6.07 Å². The van der Waals surface area contributed by atoms with Gasteiger partial charge in [0.25, 0.3) is 5.56 Å². The zero-order valence-electron chi connectivity index (χ0n) is 11.1. The van der Waals surface area contributed by atoms with Crippen LogP contribution in [-0.4, -0.2) is 22.8 Å². The number of nitrogens with one attached hydrogen (secondary N) is 1. The van der Waals surface area contributed by atoms with Crippen LogP contribution in [0.2, 0.25) is 5.02 Å². The van der Waals surface area contributed by atoms with Crippen molar-refractivity contribution in [1.82, 2.24) is 10.2 Å². The summed E-state index contributed by atoms with van der Waals surface area (Å²) in [7, 11) is 0. The van der Waals surface area contributed by atoms with Gasteiger partial charge in [0, 0.05) is 12.6 Å². The first kappa shape index (κ1) is 13.2. The van der Waals surface area contributed by atoms with Crippen LogP contribution < -0.4 is 10.5 Å². The molecule has 1 N–H and O–H groups in total. The van der Waals surface area contributed by atoms with Crippen LogP contribution in [0.5, 0.6) is 0 Å². The Morgan fingerprint density at radius 2 is 2.15 bits per heavy atom. The van der Waals surface area contributed by atoms with E-state index in [1.54, 1.807) is 6.20 Å². The van der Waals surface area contributed by atoms with E-state index >= 15 is 0 Å². The van der Waals surface area contributed by atoms with Crippen LogP contribution in [-0.2, 0) is 6.42 Å². The van der Waals surface area contributed by atoms with Crippen LogP contribution in [0.15, 0.2) is 41.3 Å². The third kappa shape index (κ3) is 2.56. The van der Waals surface area contributed by atoms with E-state index in [0.29, 0.717) is 6.04 Å². The van der Waals surface area contributed by atoms with Crippen molar-refractivity contribution < 1.29 is 0 Å². The summed E-state index contributed by atoms with van der Waals surface area (Å²) in [6, 6.07) is 10.8. The number of hydrogen-bond acceptors (Lipinski definition) is 3. The number of hydrogen-bond donors (Lipinski definition) is 1. The predicted molar refractivity (Wildman–Crippen MR) is 80.4 cm³/mol. The molecular formula is C15H16ClN3O. The molecular weight excluding hydrogens is 274 g/mol. The molecule has 5 heteroatoms. The fourth-order valence-corrected chi connectivity index (χ4v) is 3.03. The summed E-state index contributed by atoms with van der Waals surface area (Å²) >= 11 is 6.12. The summed E-state index contributed by atoms with van der Waals surface area (Å²) in [4.78, 5) is 13.8. The molecule has 0 amide bonds. The number of aromatic amines is 1. The van der Waals surface area contributed by atoms with Crippen molar-refractivity contribution in [3.8, 4) is 0 Å². The average Bonchev–Trinajstić information content (AvgIpc) is 2.91. The second-order valence-corrected chi connectivity index (χ2v) is 5.46. The molecule has 1 unspecified atom stereocenters. The largest absolute Gasteiger partial charge is 0.366 e. The standard InChI is InChI=1S/C15H16ClN3O/c16-14-13(10-17-18-15(14)20)19-8-4-7-12(19)9-11-5-2-1-3-6-11/h1-3,5-6,10,12H,4,7-9H2,(H,18,20). The van der Waals surface area contributed by atoms with E-state index in [-0.39, 0.29) is 10.6 Å². The number of rotatable bonds is 3. The number of anilines is 1. The Balaban J connectivity index is 1.86. The molecule has 2 heterocycles. The van der Waals surface area contributed by atoms with Gasteiger partial charge in [-0.05, 0) is 24.8 Å². The Morgan fingerprint density at radius 3 is 2.95 bits per heavy atom. The second kappa shape index (κ2) is 5.67. The molecule has 104 valence electrons. The molecule has 1 aromatic heterocycles. The van der Waals surface area contributed by atoms with Gasteiger partial charge in [-0.15, -0.1) is 0 Å². The highest BCUT2D eigenvalue weighted by Crippen LogP contribution is 2.30. The highest BCUT2D eigenvalue weighted by molar-refractivity contribution is 6.33. The topological polar surface area (TPSA) is 49.0 Å². The van der Waals surface area contributed by atoms with Crippen LogP contribution >= 0.6 is 11.6 Å². The monoisotopic (exact) mass is 289 g/mol. The Kier molecular flexibility index (Phi) is 3.74. The fourth-order valence-electron chi connectivity index (χ4n) is 2.83. The van der Waals surface area contributed by atoms with Crippen LogP contribution in [0.4, 0.5) is 5.69 Å². The van der Waals surface area contributed by atoms with Crippen LogP contribution in [0.1, 0.15) is 18.4 Å². The highest BCUT2D eigenvalue weighted by atomic mass is 35.5. The van der Waals surface area contributed by atoms with Crippen molar-refractivity contribution in [3.63, 3.8) is 0 Å². The lowest BCUT2D eigenvalue weighted by Crippen LogP contribution is -2.32. The molecule has 20 heavy (non-hydrogen) atoms. The lowest BCUT2D eigenvalue weighted by atomic mass is 10.0. The van der Waals surface area contributed by atoms with Crippen molar-refractivity contribution >= 4 is 17.3 Å². The van der Waals surface area contributed by atoms with Crippen LogP contribution in [0, 0.1) is 0 Å². The lowest BCUT2D eigenvalue weighted by molar-refractivity contribution is 0.661. The Bertz CT molecular complexity index is 641. The van der Waals surface area contributed by atoms with Crippen molar-refractivity contribution in [2.75, 3.05) is 11.4 Å². The molecule has 0 saturated carbocycles. The molecule has 0 radical (unpaired) electrons. The summed E-state index contributed by atoms with van der Waals surface area (Å²) in [5.74, 6) is 0. The molecule has 1 saturated heterocycles. The molecule has 4 nitrogen and oxygen atoms in total. The zero-order valence-corrected chi connectivity index (χ0v) is 11.8. The highest BCUT2D eigenvalue weighted by Gasteiger charge is 2.27. The molecule has 1 aliphatic rings. The SMILES string of the molecule is O=c1[nH]ncc(N2CCCC2Cc2ccccc2)c1Cl. The molecule has 0 bridgehead atoms. The van der Waals surface area contributed by atoms with Gasteiger partial charge in [-0.25, -0.2) is 5.10 Å². The molecule has 1 aromatic carbocycles. The zero-order chi connectivity index (χ0) is 13.9. The summed E-state index contributed by atoms with van der Waals surface area (Å²) in [5.41, 5.74) is 1.72. The first-order chi connectivity index (χ1) is 9.75. The molecule has 3 rings (SSSR count). The number of aromatic nitrogens is 2. The molecule has 0 spiro atoms. The van der Waals surface area contributed by atoms with E-state index in [4.69, 9.17) is 11.6 Å². The predicted octanol–water partition coefficient (Wildman–Crippen LogP) is 2.63. The minimum absolute atomic E-state index is 0.236. The van der Waals surface area contributed by atoms with Crippen LogP contribution in [0.25, 0.3) is 0 Å². The summed E-state index contributed by atoms with van der Waals surface area (Å²) in [6.45, 7) is 0.919. The van der Waals surface area contributed by atoms with Gasteiger partial charge in [0.1, 0.15) is 5.02 Å². The van der Waals surface area contributed by atoms with Crippen molar-refractivity contribution in [2.24, 2.45) is 0 Å². The number of H-pyrrole nitrogens is 1. The summed E-state index contributed by atoms with van der Waals surface area (Å²) < 4.78 is 0. The Hall–Kier alpha value is -1.81. The molecule has 2 aromatic rings. The quantitative estimate of drug-likeness (QED) is 0.945. The summed E-state index contributed by atoms with van der Waals surface area (Å²) in [5, 5.41) is 6.47. The normalized spacial score (nSPS) is 18.4. The third-order valence-electron chi connectivity index (χ3n) is 3.78. The first-order valence-corrected chi connectivity index (χ1v) is 7.17. The molecule has 1 aliphatic heterocycles. The summed E-state index contributed by atoms with van der Waals surface area (Å²) in [6.07, 6.45) is 4.83. The van der Waals surface area contributed by atoms with Gasteiger partial charge < -0.3 is 4.90 Å². The van der Waals surface area contributed by atoms with Gasteiger partial charge in [0.15, 0.2) is 0 Å². The Morgan fingerprint density at radius 1 is 1.35 bits per heavy atom. The minimum atomic E-state index is -0.325. The van der Waals surface area contributed by atoms with E-state index in [1.165, 1.54) is 5.56 Å². The van der Waals surface area contributed by atoms with E-state index in [9.17, 15) is 4.79 Å². The number of nitrogens with zero attached hydrogens (tertiary/aromatic N) is 2. The fraction of sp³-hybridized carbons (Fsp3) is 0.333. The molecule has 0 aliphatic carbocycles. The van der Waals surface area contributed by atoms with Gasteiger partial charge >= 0.3 is 0 Å². The minimum Gasteiger partial charge on any atom is -0.366 e.